The van der Waals surface area contributed by atoms with E-state index in [1.165, 1.54) is 11.6 Å². The van der Waals surface area contributed by atoms with Crippen LogP contribution in [0.25, 0.3) is 0 Å². The highest BCUT2D eigenvalue weighted by atomic mass is 35.5. The number of nitrogens with one attached hydrogen (secondary N) is 1. The van der Waals surface area contributed by atoms with Crippen LogP contribution in [0.1, 0.15) is 11.1 Å². The number of nitrogens with zero attached hydrogens (tertiary/aromatic N) is 5. The first-order valence-electron chi connectivity index (χ1n) is 9.72. The Kier molecular flexibility index (Phi) is 6.56. The fourth-order valence-electron chi connectivity index (χ4n) is 3.41. The Labute approximate surface area is 185 Å². The minimum Gasteiger partial charge on any atom is -0.346 e. The first kappa shape index (κ1) is 20.7. The smallest absolute Gasteiger partial charge is 0.174 e. The number of pyridine rings is 1. The van der Waals surface area contributed by atoms with Crippen LogP contribution in [0.2, 0.25) is 5.02 Å². The summed E-state index contributed by atoms with van der Waals surface area (Å²) in [5, 5.41) is 8.66. The molecule has 1 fully saturated rings. The monoisotopic (exact) mass is 444 g/mol. The van der Waals surface area contributed by atoms with Crippen molar-refractivity contribution >= 4 is 34.7 Å². The third kappa shape index (κ3) is 5.13. The number of thiocarbonyl (C=S) groups is 1. The predicted molar refractivity (Wildman–Crippen MR) is 120 cm³/mol. The molecule has 1 aromatic carbocycles. The molecule has 2 aromatic heterocycles. The maximum atomic E-state index is 14.0. The van der Waals surface area contributed by atoms with Gasteiger partial charge in [-0.15, -0.1) is 0 Å². The van der Waals surface area contributed by atoms with Crippen LogP contribution in [-0.2, 0) is 13.1 Å². The molecule has 0 spiro atoms. The van der Waals surface area contributed by atoms with Crippen LogP contribution in [0.15, 0.2) is 55.0 Å². The van der Waals surface area contributed by atoms with E-state index in [0.29, 0.717) is 21.5 Å². The summed E-state index contributed by atoms with van der Waals surface area (Å²) in [5.74, 6) is 0.289. The molecule has 156 valence electrons. The van der Waals surface area contributed by atoms with Crippen molar-refractivity contribution in [1.82, 2.24) is 24.6 Å². The van der Waals surface area contributed by atoms with E-state index in [4.69, 9.17) is 23.8 Å². The second-order valence-corrected chi connectivity index (χ2v) is 7.95. The van der Waals surface area contributed by atoms with Crippen molar-refractivity contribution in [2.24, 2.45) is 0 Å². The van der Waals surface area contributed by atoms with Crippen LogP contribution in [0, 0.1) is 5.82 Å². The van der Waals surface area contributed by atoms with Gasteiger partial charge in [0.15, 0.2) is 10.9 Å². The van der Waals surface area contributed by atoms with Gasteiger partial charge in [-0.2, -0.15) is 5.10 Å². The number of anilines is 1. The third-order valence-corrected chi connectivity index (χ3v) is 5.76. The van der Waals surface area contributed by atoms with Gasteiger partial charge in [-0.3, -0.25) is 14.6 Å². The zero-order valence-electron chi connectivity index (χ0n) is 16.3. The second-order valence-electron chi connectivity index (χ2n) is 7.15. The predicted octanol–water partition coefficient (Wildman–Crippen LogP) is 3.63. The van der Waals surface area contributed by atoms with Crippen LogP contribution < -0.4 is 5.32 Å². The lowest BCUT2D eigenvalue weighted by Crippen LogP contribution is -2.49. The molecule has 0 atom stereocenters. The van der Waals surface area contributed by atoms with Crippen molar-refractivity contribution in [3.63, 3.8) is 0 Å². The van der Waals surface area contributed by atoms with E-state index in [9.17, 15) is 4.39 Å². The van der Waals surface area contributed by atoms with E-state index in [0.717, 1.165) is 32.7 Å². The number of hydrogen-bond donors (Lipinski definition) is 1. The Balaban J connectivity index is 1.29. The summed E-state index contributed by atoms with van der Waals surface area (Å²) in [5.41, 5.74) is 1.63. The van der Waals surface area contributed by atoms with Crippen LogP contribution in [0.3, 0.4) is 0 Å². The maximum Gasteiger partial charge on any atom is 0.174 e. The fourth-order valence-corrected chi connectivity index (χ4v) is 3.92. The van der Waals surface area contributed by atoms with Crippen LogP contribution in [0.4, 0.5) is 10.2 Å². The second kappa shape index (κ2) is 9.51. The van der Waals surface area contributed by atoms with E-state index < -0.39 is 0 Å². The summed E-state index contributed by atoms with van der Waals surface area (Å²) in [4.78, 5) is 8.71. The summed E-state index contributed by atoms with van der Waals surface area (Å²) in [6.07, 6.45) is 5.47. The average Bonchev–Trinajstić information content (AvgIpc) is 3.19. The number of benzene rings is 1. The summed E-state index contributed by atoms with van der Waals surface area (Å²) in [7, 11) is 0. The van der Waals surface area contributed by atoms with Crippen LogP contribution >= 0.6 is 23.8 Å². The molecular weight excluding hydrogens is 423 g/mol. The van der Waals surface area contributed by atoms with Gasteiger partial charge < -0.3 is 10.2 Å². The van der Waals surface area contributed by atoms with Gasteiger partial charge in [0.1, 0.15) is 5.82 Å². The van der Waals surface area contributed by atoms with Crippen molar-refractivity contribution in [1.29, 1.82) is 0 Å². The Hall–Kier alpha value is -2.55. The summed E-state index contributed by atoms with van der Waals surface area (Å²) >= 11 is 11.7. The van der Waals surface area contributed by atoms with Gasteiger partial charge in [0.2, 0.25) is 0 Å². The molecule has 0 saturated carbocycles. The van der Waals surface area contributed by atoms with Gasteiger partial charge in [0, 0.05) is 68.0 Å². The lowest BCUT2D eigenvalue weighted by molar-refractivity contribution is 0.177. The summed E-state index contributed by atoms with van der Waals surface area (Å²) < 4.78 is 15.6. The fraction of sp³-hybridized carbons (Fsp3) is 0.286. The number of halogens is 2. The van der Waals surface area contributed by atoms with E-state index in [2.05, 4.69) is 31.3 Å². The number of rotatable bonds is 5. The Bertz CT molecular complexity index is 983. The van der Waals surface area contributed by atoms with E-state index in [1.807, 2.05) is 18.3 Å². The lowest BCUT2D eigenvalue weighted by Gasteiger charge is -2.36. The highest BCUT2D eigenvalue weighted by molar-refractivity contribution is 7.80. The molecule has 0 amide bonds. The van der Waals surface area contributed by atoms with E-state index in [1.54, 1.807) is 29.2 Å². The molecule has 1 aliphatic rings. The normalized spacial score (nSPS) is 14.7. The SMILES string of the molecule is Fc1cccc(Cl)c1Cn1ccc(NC(=S)N2CCN(Cc3cccnc3)CC2)n1. The highest BCUT2D eigenvalue weighted by Crippen LogP contribution is 2.20. The minimum absolute atomic E-state index is 0.257. The minimum atomic E-state index is -0.341. The van der Waals surface area contributed by atoms with Crippen molar-refractivity contribution in [2.75, 3.05) is 31.5 Å². The number of aromatic nitrogens is 3. The lowest BCUT2D eigenvalue weighted by atomic mass is 10.2. The maximum absolute atomic E-state index is 14.0. The molecular formula is C21H22ClFN6S. The first-order valence-corrected chi connectivity index (χ1v) is 10.5. The highest BCUT2D eigenvalue weighted by Gasteiger charge is 2.19. The van der Waals surface area contributed by atoms with Crippen molar-refractivity contribution in [3.8, 4) is 0 Å². The summed E-state index contributed by atoms with van der Waals surface area (Å²) in [6.45, 7) is 4.70. The average molecular weight is 445 g/mol. The van der Waals surface area contributed by atoms with E-state index >= 15 is 0 Å². The molecule has 1 aliphatic heterocycles. The number of hydrogen-bond acceptors (Lipinski definition) is 4. The van der Waals surface area contributed by atoms with Crippen molar-refractivity contribution in [2.45, 2.75) is 13.1 Å². The molecule has 6 nitrogen and oxygen atoms in total. The zero-order valence-corrected chi connectivity index (χ0v) is 17.9. The first-order chi connectivity index (χ1) is 14.6. The van der Waals surface area contributed by atoms with E-state index in [-0.39, 0.29) is 12.4 Å². The molecule has 0 radical (unpaired) electrons. The molecule has 3 aromatic rings. The van der Waals surface area contributed by atoms with Gasteiger partial charge in [0.05, 0.1) is 6.54 Å². The number of piperazine rings is 1. The quantitative estimate of drug-likeness (QED) is 0.606. The largest absolute Gasteiger partial charge is 0.346 e. The van der Waals surface area contributed by atoms with Gasteiger partial charge in [0.25, 0.3) is 0 Å². The Morgan fingerprint density at radius 2 is 1.93 bits per heavy atom. The van der Waals surface area contributed by atoms with Gasteiger partial charge >= 0.3 is 0 Å². The van der Waals surface area contributed by atoms with Gasteiger partial charge in [-0.25, -0.2) is 4.39 Å². The molecule has 9 heteroatoms. The van der Waals surface area contributed by atoms with Gasteiger partial charge in [-0.05, 0) is 36.0 Å². The standard InChI is InChI=1S/C21H22ClFN6S/c22-18-4-1-5-19(23)17(18)15-29-8-6-20(26-29)25-21(30)28-11-9-27(10-12-28)14-16-3-2-7-24-13-16/h1-8,13H,9-12,14-15H2,(H,25,26,30). The topological polar surface area (TPSA) is 49.2 Å². The molecule has 0 aliphatic carbocycles. The van der Waals surface area contributed by atoms with Crippen LogP contribution in [0.5, 0.6) is 0 Å². The third-order valence-electron chi connectivity index (χ3n) is 5.05. The molecule has 0 unspecified atom stereocenters. The molecule has 30 heavy (non-hydrogen) atoms. The molecule has 1 saturated heterocycles. The molecule has 1 N–H and O–H groups in total. The van der Waals surface area contributed by atoms with Crippen molar-refractivity contribution in [3.05, 3.63) is 77.0 Å². The molecule has 0 bridgehead atoms. The Morgan fingerprint density at radius 3 is 2.67 bits per heavy atom. The van der Waals surface area contributed by atoms with Crippen LogP contribution in [-0.4, -0.2) is 55.9 Å². The Morgan fingerprint density at radius 1 is 1.10 bits per heavy atom. The molecule has 3 heterocycles. The van der Waals surface area contributed by atoms with Crippen molar-refractivity contribution < 1.29 is 4.39 Å². The zero-order chi connectivity index (χ0) is 20.9. The molecule has 4 rings (SSSR count). The summed E-state index contributed by atoms with van der Waals surface area (Å²) in [6, 6.07) is 10.5. The van der Waals surface area contributed by atoms with Gasteiger partial charge in [-0.1, -0.05) is 23.7 Å².